The van der Waals surface area contributed by atoms with E-state index in [1.807, 2.05) is 0 Å². The molecule has 2 aromatic heterocycles. The number of nitrogens with one attached hydrogen (secondary N) is 2. The molecule has 7 heteroatoms. The van der Waals surface area contributed by atoms with Gasteiger partial charge in [0.25, 0.3) is 0 Å². The summed E-state index contributed by atoms with van der Waals surface area (Å²) in [6.07, 6.45) is 4.20. The van der Waals surface area contributed by atoms with Gasteiger partial charge in [-0.15, -0.1) is 0 Å². The van der Waals surface area contributed by atoms with E-state index in [4.69, 9.17) is 11.6 Å². The van der Waals surface area contributed by atoms with Crippen molar-refractivity contribution in [1.29, 1.82) is 0 Å². The van der Waals surface area contributed by atoms with E-state index < -0.39 is 0 Å². The number of aromatic nitrogens is 4. The number of nitrogens with zero attached hydrogens (tertiary/aromatic N) is 4. The second-order valence-electron chi connectivity index (χ2n) is 5.39. The van der Waals surface area contributed by atoms with E-state index in [1.54, 1.807) is 6.33 Å². The van der Waals surface area contributed by atoms with Crippen molar-refractivity contribution in [3.63, 3.8) is 0 Å². The normalized spacial score (nSPS) is 17.7. The van der Waals surface area contributed by atoms with Crippen LogP contribution in [-0.4, -0.2) is 51.0 Å². The topological polar surface area (TPSA) is 69.7 Å². The van der Waals surface area contributed by atoms with Crippen LogP contribution in [-0.2, 0) is 0 Å². The van der Waals surface area contributed by atoms with Gasteiger partial charge < -0.3 is 15.2 Å². The number of H-pyrrole nitrogens is 1. The minimum atomic E-state index is 0.221. The second-order valence-corrected chi connectivity index (χ2v) is 5.73. The minimum absolute atomic E-state index is 0.221. The summed E-state index contributed by atoms with van der Waals surface area (Å²) in [6.45, 7) is 6.56. The molecule has 1 aliphatic heterocycles. The Balaban J connectivity index is 1.58. The molecule has 1 fully saturated rings. The molecular formula is C13H19ClN6. The molecule has 0 spiro atoms. The summed E-state index contributed by atoms with van der Waals surface area (Å²) in [7, 11) is 0. The van der Waals surface area contributed by atoms with Crippen LogP contribution >= 0.6 is 11.6 Å². The standard InChI is InChI=1S/C13H19ClN6/c1-9-2-5-20(6-3-9)7-4-15-11-10-12(17-8-16-10)19-13(14)18-11/h8-9H,2-7H2,1H3,(H2,15,16,17,18,19). The number of imidazole rings is 1. The predicted molar refractivity (Wildman–Crippen MR) is 80.0 cm³/mol. The highest BCUT2D eigenvalue weighted by atomic mass is 35.5. The third kappa shape index (κ3) is 3.02. The number of hydrogen-bond donors (Lipinski definition) is 2. The monoisotopic (exact) mass is 294 g/mol. The van der Waals surface area contributed by atoms with Gasteiger partial charge in [-0.25, -0.2) is 4.98 Å². The third-order valence-electron chi connectivity index (χ3n) is 3.86. The van der Waals surface area contributed by atoms with Crippen molar-refractivity contribution in [3.05, 3.63) is 11.6 Å². The number of fused-ring (bicyclic) bond motifs is 1. The number of hydrogen-bond acceptors (Lipinski definition) is 5. The molecule has 6 nitrogen and oxygen atoms in total. The van der Waals surface area contributed by atoms with Crippen LogP contribution in [0.5, 0.6) is 0 Å². The molecule has 0 atom stereocenters. The van der Waals surface area contributed by atoms with Crippen molar-refractivity contribution in [2.75, 3.05) is 31.5 Å². The van der Waals surface area contributed by atoms with Crippen molar-refractivity contribution >= 4 is 28.6 Å². The SMILES string of the molecule is CC1CCN(CCNc2nc(Cl)nc3nc[nH]c23)CC1. The molecule has 1 aliphatic rings. The van der Waals surface area contributed by atoms with Crippen molar-refractivity contribution < 1.29 is 0 Å². The first-order valence-electron chi connectivity index (χ1n) is 7.05. The highest BCUT2D eigenvalue weighted by Gasteiger charge is 2.15. The summed E-state index contributed by atoms with van der Waals surface area (Å²) in [5.41, 5.74) is 1.40. The van der Waals surface area contributed by atoms with E-state index >= 15 is 0 Å². The quantitative estimate of drug-likeness (QED) is 0.846. The highest BCUT2D eigenvalue weighted by molar-refractivity contribution is 6.28. The maximum atomic E-state index is 5.90. The van der Waals surface area contributed by atoms with E-state index in [0.717, 1.165) is 30.3 Å². The molecule has 20 heavy (non-hydrogen) atoms. The van der Waals surface area contributed by atoms with Gasteiger partial charge in [0.05, 0.1) is 6.33 Å². The zero-order valence-electron chi connectivity index (χ0n) is 11.6. The first-order chi connectivity index (χ1) is 9.72. The Hall–Kier alpha value is -1.40. The summed E-state index contributed by atoms with van der Waals surface area (Å²) in [6, 6.07) is 0. The zero-order valence-corrected chi connectivity index (χ0v) is 12.3. The predicted octanol–water partition coefficient (Wildman–Crippen LogP) is 2.15. The lowest BCUT2D eigenvalue weighted by Crippen LogP contribution is -2.36. The Morgan fingerprint density at radius 1 is 1.40 bits per heavy atom. The number of aromatic amines is 1. The largest absolute Gasteiger partial charge is 0.367 e. The summed E-state index contributed by atoms with van der Waals surface area (Å²) in [5, 5.41) is 3.55. The van der Waals surface area contributed by atoms with Gasteiger partial charge in [0, 0.05) is 13.1 Å². The zero-order chi connectivity index (χ0) is 13.9. The molecule has 2 aromatic rings. The Morgan fingerprint density at radius 2 is 2.20 bits per heavy atom. The van der Waals surface area contributed by atoms with Gasteiger partial charge in [0.1, 0.15) is 5.52 Å². The van der Waals surface area contributed by atoms with Gasteiger partial charge in [-0.2, -0.15) is 9.97 Å². The molecule has 0 bridgehead atoms. The second kappa shape index (κ2) is 5.93. The van der Waals surface area contributed by atoms with Gasteiger partial charge in [0.2, 0.25) is 5.28 Å². The Morgan fingerprint density at radius 3 is 3.00 bits per heavy atom. The van der Waals surface area contributed by atoms with Gasteiger partial charge in [-0.3, -0.25) is 0 Å². The smallest absolute Gasteiger partial charge is 0.226 e. The molecule has 0 aliphatic carbocycles. The van der Waals surface area contributed by atoms with E-state index in [2.05, 4.69) is 37.1 Å². The van der Waals surface area contributed by atoms with Crippen LogP contribution in [0.3, 0.4) is 0 Å². The summed E-state index contributed by atoms with van der Waals surface area (Å²) >= 11 is 5.90. The molecular weight excluding hydrogens is 276 g/mol. The van der Waals surface area contributed by atoms with E-state index in [1.165, 1.54) is 25.9 Å². The lowest BCUT2D eigenvalue weighted by atomic mass is 9.99. The molecule has 0 unspecified atom stereocenters. The lowest BCUT2D eigenvalue weighted by Gasteiger charge is -2.30. The fourth-order valence-corrected chi connectivity index (χ4v) is 2.72. The van der Waals surface area contributed by atoms with E-state index in [9.17, 15) is 0 Å². The van der Waals surface area contributed by atoms with Crippen LogP contribution in [0.15, 0.2) is 6.33 Å². The fourth-order valence-electron chi connectivity index (χ4n) is 2.55. The molecule has 108 valence electrons. The maximum Gasteiger partial charge on any atom is 0.226 e. The molecule has 1 saturated heterocycles. The van der Waals surface area contributed by atoms with E-state index in [-0.39, 0.29) is 5.28 Å². The molecule has 0 aromatic carbocycles. The van der Waals surface area contributed by atoms with Crippen LogP contribution < -0.4 is 5.32 Å². The molecule has 0 amide bonds. The van der Waals surface area contributed by atoms with Crippen molar-refractivity contribution in [2.45, 2.75) is 19.8 Å². The van der Waals surface area contributed by atoms with Crippen molar-refractivity contribution in [2.24, 2.45) is 5.92 Å². The van der Waals surface area contributed by atoms with E-state index in [0.29, 0.717) is 5.65 Å². The summed E-state index contributed by atoms with van der Waals surface area (Å²) in [4.78, 5) is 17.9. The van der Waals surface area contributed by atoms with Crippen LogP contribution in [0, 0.1) is 5.92 Å². The number of piperidine rings is 1. The average Bonchev–Trinajstić information content (AvgIpc) is 2.89. The van der Waals surface area contributed by atoms with Crippen LogP contribution in [0.2, 0.25) is 5.28 Å². The Bertz CT molecular complexity index is 575. The van der Waals surface area contributed by atoms with Gasteiger partial charge in [-0.1, -0.05) is 6.92 Å². The Kier molecular flexibility index (Phi) is 4.03. The third-order valence-corrected chi connectivity index (χ3v) is 4.02. The van der Waals surface area contributed by atoms with Crippen LogP contribution in [0.1, 0.15) is 19.8 Å². The van der Waals surface area contributed by atoms with Crippen LogP contribution in [0.4, 0.5) is 5.82 Å². The van der Waals surface area contributed by atoms with Gasteiger partial charge in [0.15, 0.2) is 11.5 Å². The molecule has 3 rings (SSSR count). The molecule has 0 saturated carbocycles. The minimum Gasteiger partial charge on any atom is -0.367 e. The number of likely N-dealkylation sites (tertiary alicyclic amines) is 1. The highest BCUT2D eigenvalue weighted by Crippen LogP contribution is 2.19. The van der Waals surface area contributed by atoms with Gasteiger partial charge in [-0.05, 0) is 43.5 Å². The fraction of sp³-hybridized carbons (Fsp3) is 0.615. The van der Waals surface area contributed by atoms with Crippen LogP contribution in [0.25, 0.3) is 11.2 Å². The summed E-state index contributed by atoms with van der Waals surface area (Å²) < 4.78 is 0. The van der Waals surface area contributed by atoms with Crippen molar-refractivity contribution in [1.82, 2.24) is 24.8 Å². The molecule has 0 radical (unpaired) electrons. The number of anilines is 1. The number of rotatable bonds is 4. The maximum absolute atomic E-state index is 5.90. The molecule has 3 heterocycles. The van der Waals surface area contributed by atoms with Crippen molar-refractivity contribution in [3.8, 4) is 0 Å². The summed E-state index contributed by atoms with van der Waals surface area (Å²) in [5.74, 6) is 1.59. The average molecular weight is 295 g/mol. The Labute approximate surface area is 123 Å². The first kappa shape index (κ1) is 13.6. The van der Waals surface area contributed by atoms with Gasteiger partial charge >= 0.3 is 0 Å². The number of halogens is 1. The lowest BCUT2D eigenvalue weighted by molar-refractivity contribution is 0.199. The first-order valence-corrected chi connectivity index (χ1v) is 7.43. The molecule has 2 N–H and O–H groups in total.